The molecule has 2 N–H and O–H groups in total. The topological polar surface area (TPSA) is 74.2 Å². The van der Waals surface area contributed by atoms with E-state index in [1.165, 1.54) is 19.2 Å². The molecular formula is C14H18FN3O2. The lowest BCUT2D eigenvalue weighted by atomic mass is 10.0. The molecule has 0 radical (unpaired) electrons. The predicted molar refractivity (Wildman–Crippen MR) is 72.6 cm³/mol. The van der Waals surface area contributed by atoms with Crippen molar-refractivity contribution in [3.63, 3.8) is 0 Å². The van der Waals surface area contributed by atoms with E-state index in [1.54, 1.807) is 6.07 Å². The second-order valence-corrected chi connectivity index (χ2v) is 5.04. The monoisotopic (exact) mass is 279 g/mol. The van der Waals surface area contributed by atoms with Crippen LogP contribution in [0.5, 0.6) is 5.75 Å². The van der Waals surface area contributed by atoms with Gasteiger partial charge in [0.05, 0.1) is 13.2 Å². The van der Waals surface area contributed by atoms with Gasteiger partial charge in [0, 0.05) is 5.56 Å². The van der Waals surface area contributed by atoms with Crippen LogP contribution in [0.1, 0.15) is 32.2 Å². The highest BCUT2D eigenvalue weighted by Gasteiger charge is 2.17. The summed E-state index contributed by atoms with van der Waals surface area (Å²) in [6, 6.07) is 4.11. The Morgan fingerprint density at radius 3 is 2.80 bits per heavy atom. The van der Waals surface area contributed by atoms with Crippen LogP contribution in [0.25, 0.3) is 11.4 Å². The van der Waals surface area contributed by atoms with Crippen molar-refractivity contribution in [2.45, 2.75) is 26.3 Å². The average Bonchev–Trinajstić information content (AvgIpc) is 2.88. The van der Waals surface area contributed by atoms with Crippen LogP contribution in [0.2, 0.25) is 0 Å². The number of nitrogens with two attached hydrogens (primary N) is 1. The van der Waals surface area contributed by atoms with Crippen molar-refractivity contribution in [3.8, 4) is 17.1 Å². The molecule has 0 saturated heterocycles. The van der Waals surface area contributed by atoms with E-state index in [4.69, 9.17) is 15.0 Å². The molecule has 20 heavy (non-hydrogen) atoms. The Morgan fingerprint density at radius 1 is 1.40 bits per heavy atom. The van der Waals surface area contributed by atoms with Gasteiger partial charge in [0.15, 0.2) is 11.6 Å². The van der Waals surface area contributed by atoms with Crippen LogP contribution in [0, 0.1) is 11.7 Å². The molecule has 2 rings (SSSR count). The van der Waals surface area contributed by atoms with Gasteiger partial charge in [0.1, 0.15) is 0 Å². The van der Waals surface area contributed by atoms with Crippen LogP contribution >= 0.6 is 0 Å². The Bertz CT molecular complexity index is 584. The third-order valence-electron chi connectivity index (χ3n) is 2.89. The lowest BCUT2D eigenvalue weighted by molar-refractivity contribution is 0.335. The van der Waals surface area contributed by atoms with Gasteiger partial charge in [-0.2, -0.15) is 4.98 Å². The second kappa shape index (κ2) is 6.00. The quantitative estimate of drug-likeness (QED) is 0.910. The molecule has 5 nitrogen and oxygen atoms in total. The van der Waals surface area contributed by atoms with Crippen molar-refractivity contribution in [2.75, 3.05) is 7.11 Å². The highest BCUT2D eigenvalue weighted by molar-refractivity contribution is 5.57. The first kappa shape index (κ1) is 14.5. The van der Waals surface area contributed by atoms with Crippen LogP contribution in [-0.2, 0) is 0 Å². The van der Waals surface area contributed by atoms with Crippen LogP contribution in [0.4, 0.5) is 4.39 Å². The highest BCUT2D eigenvalue weighted by Crippen LogP contribution is 2.26. The number of hydrogen-bond donors (Lipinski definition) is 1. The van der Waals surface area contributed by atoms with E-state index in [1.807, 2.05) is 0 Å². The Labute approximate surface area is 116 Å². The summed E-state index contributed by atoms with van der Waals surface area (Å²) in [5.74, 6) is 0.901. The molecule has 0 aliphatic rings. The molecule has 108 valence electrons. The van der Waals surface area contributed by atoms with E-state index in [9.17, 15) is 4.39 Å². The van der Waals surface area contributed by atoms with Gasteiger partial charge < -0.3 is 15.0 Å². The molecule has 0 bridgehead atoms. The minimum absolute atomic E-state index is 0.139. The maximum atomic E-state index is 13.4. The summed E-state index contributed by atoms with van der Waals surface area (Å²) in [6.07, 6.45) is 0.758. The van der Waals surface area contributed by atoms with Crippen molar-refractivity contribution in [3.05, 3.63) is 29.9 Å². The Balaban J connectivity index is 2.24. The molecule has 1 heterocycles. The molecule has 0 aliphatic heterocycles. The third kappa shape index (κ3) is 3.14. The minimum Gasteiger partial charge on any atom is -0.494 e. The fourth-order valence-electron chi connectivity index (χ4n) is 1.91. The van der Waals surface area contributed by atoms with Crippen molar-refractivity contribution in [2.24, 2.45) is 11.7 Å². The Kier molecular flexibility index (Phi) is 4.34. The van der Waals surface area contributed by atoms with E-state index in [0.29, 0.717) is 23.2 Å². The number of benzene rings is 1. The molecular weight excluding hydrogens is 261 g/mol. The van der Waals surface area contributed by atoms with Crippen LogP contribution in [0.3, 0.4) is 0 Å². The minimum atomic E-state index is -0.434. The van der Waals surface area contributed by atoms with Crippen LogP contribution in [0.15, 0.2) is 22.7 Å². The first-order valence-corrected chi connectivity index (χ1v) is 6.44. The summed E-state index contributed by atoms with van der Waals surface area (Å²) in [4.78, 5) is 4.26. The molecule has 2 aromatic rings. The van der Waals surface area contributed by atoms with Gasteiger partial charge in [-0.1, -0.05) is 19.0 Å². The van der Waals surface area contributed by atoms with E-state index in [2.05, 4.69) is 24.0 Å². The number of aromatic nitrogens is 2. The van der Waals surface area contributed by atoms with E-state index in [-0.39, 0.29) is 11.8 Å². The highest BCUT2D eigenvalue weighted by atomic mass is 19.1. The van der Waals surface area contributed by atoms with E-state index >= 15 is 0 Å². The molecule has 0 spiro atoms. The molecule has 6 heteroatoms. The number of methoxy groups -OCH3 is 1. The van der Waals surface area contributed by atoms with Gasteiger partial charge in [-0.15, -0.1) is 0 Å². The largest absolute Gasteiger partial charge is 0.494 e. The Morgan fingerprint density at radius 2 is 2.15 bits per heavy atom. The number of rotatable bonds is 5. The van der Waals surface area contributed by atoms with Gasteiger partial charge in [-0.05, 0) is 30.5 Å². The van der Waals surface area contributed by atoms with Crippen LogP contribution in [-0.4, -0.2) is 17.3 Å². The molecule has 1 atom stereocenters. The summed E-state index contributed by atoms with van der Waals surface area (Å²) in [7, 11) is 1.41. The molecule has 0 saturated carbocycles. The standard InChI is InChI=1S/C14H18FN3O2/c1-8(2)6-11(16)14-17-13(18-20-14)9-4-5-10(15)12(7-9)19-3/h4-5,7-8,11H,6,16H2,1-3H3/t11-/m1/s1. The number of nitrogens with zero attached hydrogens (tertiary/aromatic N) is 2. The summed E-state index contributed by atoms with van der Waals surface area (Å²) in [5.41, 5.74) is 6.61. The summed E-state index contributed by atoms with van der Waals surface area (Å²) >= 11 is 0. The van der Waals surface area contributed by atoms with Crippen LogP contribution < -0.4 is 10.5 Å². The summed E-state index contributed by atoms with van der Waals surface area (Å²) in [6.45, 7) is 4.14. The van der Waals surface area contributed by atoms with Gasteiger partial charge >= 0.3 is 0 Å². The maximum absolute atomic E-state index is 13.4. The van der Waals surface area contributed by atoms with Gasteiger partial charge in [0.2, 0.25) is 11.7 Å². The normalized spacial score (nSPS) is 12.7. The zero-order valence-electron chi connectivity index (χ0n) is 11.8. The fourth-order valence-corrected chi connectivity index (χ4v) is 1.91. The lowest BCUT2D eigenvalue weighted by Gasteiger charge is -2.08. The summed E-state index contributed by atoms with van der Waals surface area (Å²) in [5, 5.41) is 3.88. The summed E-state index contributed by atoms with van der Waals surface area (Å²) < 4.78 is 23.4. The average molecular weight is 279 g/mol. The molecule has 0 fully saturated rings. The smallest absolute Gasteiger partial charge is 0.243 e. The van der Waals surface area contributed by atoms with Crippen molar-refractivity contribution in [1.82, 2.24) is 10.1 Å². The first-order chi connectivity index (χ1) is 9.51. The van der Waals surface area contributed by atoms with Gasteiger partial charge in [-0.3, -0.25) is 0 Å². The SMILES string of the molecule is COc1cc(-c2noc([C@H](N)CC(C)C)n2)ccc1F. The second-order valence-electron chi connectivity index (χ2n) is 5.04. The predicted octanol–water partition coefficient (Wildman–Crippen LogP) is 2.93. The van der Waals surface area contributed by atoms with E-state index < -0.39 is 5.82 Å². The number of hydrogen-bond acceptors (Lipinski definition) is 5. The maximum Gasteiger partial charge on any atom is 0.243 e. The zero-order chi connectivity index (χ0) is 14.7. The first-order valence-electron chi connectivity index (χ1n) is 6.44. The molecule has 0 aliphatic carbocycles. The van der Waals surface area contributed by atoms with Crippen molar-refractivity contribution in [1.29, 1.82) is 0 Å². The number of ether oxygens (including phenoxy) is 1. The van der Waals surface area contributed by atoms with Gasteiger partial charge in [-0.25, -0.2) is 4.39 Å². The van der Waals surface area contributed by atoms with Crippen molar-refractivity contribution >= 4 is 0 Å². The third-order valence-corrected chi connectivity index (χ3v) is 2.89. The van der Waals surface area contributed by atoms with Gasteiger partial charge in [0.25, 0.3) is 0 Å². The molecule has 1 aromatic carbocycles. The molecule has 0 amide bonds. The number of halogens is 1. The fraction of sp³-hybridized carbons (Fsp3) is 0.429. The van der Waals surface area contributed by atoms with Crippen molar-refractivity contribution < 1.29 is 13.7 Å². The lowest BCUT2D eigenvalue weighted by Crippen LogP contribution is -2.13. The molecule has 1 aromatic heterocycles. The van der Waals surface area contributed by atoms with E-state index in [0.717, 1.165) is 6.42 Å². The Hall–Kier alpha value is -1.95. The zero-order valence-corrected chi connectivity index (χ0v) is 11.8. The molecule has 0 unspecified atom stereocenters.